The molecule has 2 aliphatic heterocycles. The van der Waals surface area contributed by atoms with Crippen molar-refractivity contribution < 1.29 is 27.4 Å². The number of hydrogen-bond donors (Lipinski definition) is 0. The first-order valence-electron chi connectivity index (χ1n) is 7.88. The third kappa shape index (κ3) is 3.21. The molecule has 2 aromatic carbocycles. The van der Waals surface area contributed by atoms with Gasteiger partial charge >= 0.3 is 6.18 Å². The maximum Gasteiger partial charge on any atom is 0.416 e. The van der Waals surface area contributed by atoms with Crippen molar-refractivity contribution in [1.29, 1.82) is 0 Å². The van der Waals surface area contributed by atoms with Crippen molar-refractivity contribution in [3.63, 3.8) is 0 Å². The molecule has 4 nitrogen and oxygen atoms in total. The van der Waals surface area contributed by atoms with Gasteiger partial charge in [0, 0.05) is 6.54 Å². The molecule has 0 spiro atoms. The number of nitrogens with zero attached hydrogens (tertiary/aromatic N) is 1. The summed E-state index contributed by atoms with van der Waals surface area (Å²) >= 11 is 1.41. The van der Waals surface area contributed by atoms with Gasteiger partial charge in [0.1, 0.15) is 5.37 Å². The van der Waals surface area contributed by atoms with Crippen LogP contribution in [-0.4, -0.2) is 23.4 Å². The second-order valence-electron chi connectivity index (χ2n) is 5.99. The largest absolute Gasteiger partial charge is 0.454 e. The summed E-state index contributed by atoms with van der Waals surface area (Å²) in [5.41, 5.74) is 0.856. The van der Waals surface area contributed by atoms with Crippen molar-refractivity contribution >= 4 is 17.7 Å². The molecule has 26 heavy (non-hydrogen) atoms. The lowest BCUT2D eigenvalue weighted by molar-refractivity contribution is -0.137. The van der Waals surface area contributed by atoms with Crippen molar-refractivity contribution in [1.82, 2.24) is 4.90 Å². The van der Waals surface area contributed by atoms with Crippen LogP contribution in [0.4, 0.5) is 13.2 Å². The number of rotatable bonds is 3. The second-order valence-corrected chi connectivity index (χ2v) is 7.06. The molecule has 0 radical (unpaired) electrons. The molecule has 1 saturated heterocycles. The van der Waals surface area contributed by atoms with Crippen LogP contribution in [0, 0.1) is 0 Å². The topological polar surface area (TPSA) is 38.8 Å². The van der Waals surface area contributed by atoms with Crippen LogP contribution in [0.15, 0.2) is 42.5 Å². The van der Waals surface area contributed by atoms with Crippen LogP contribution in [0.1, 0.15) is 22.1 Å². The van der Waals surface area contributed by atoms with Gasteiger partial charge in [-0.1, -0.05) is 18.2 Å². The Balaban J connectivity index is 1.55. The molecule has 0 aliphatic carbocycles. The first kappa shape index (κ1) is 17.1. The van der Waals surface area contributed by atoms with Gasteiger partial charge in [0.15, 0.2) is 11.5 Å². The fourth-order valence-electron chi connectivity index (χ4n) is 2.97. The lowest BCUT2D eigenvalue weighted by Crippen LogP contribution is -2.27. The third-order valence-corrected chi connectivity index (χ3v) is 5.54. The maximum atomic E-state index is 12.7. The van der Waals surface area contributed by atoms with Gasteiger partial charge in [0.25, 0.3) is 0 Å². The third-order valence-electron chi connectivity index (χ3n) is 4.28. The molecule has 8 heteroatoms. The zero-order chi connectivity index (χ0) is 18.3. The SMILES string of the molecule is O=C1CSC(c2ccc(C(F)(F)F)cc2)N1Cc1ccc2c(c1)OCO2. The van der Waals surface area contributed by atoms with Crippen LogP contribution in [0.2, 0.25) is 0 Å². The molecule has 0 saturated carbocycles. The lowest BCUT2D eigenvalue weighted by Gasteiger charge is -2.24. The van der Waals surface area contributed by atoms with Crippen LogP contribution in [-0.2, 0) is 17.5 Å². The predicted octanol–water partition coefficient (Wildman–Crippen LogP) is 4.21. The average molecular weight is 381 g/mol. The Morgan fingerprint density at radius 2 is 1.81 bits per heavy atom. The summed E-state index contributed by atoms with van der Waals surface area (Å²) in [6, 6.07) is 10.4. The summed E-state index contributed by atoms with van der Waals surface area (Å²) in [5.74, 6) is 1.55. The van der Waals surface area contributed by atoms with E-state index in [0.29, 0.717) is 29.4 Å². The lowest BCUT2D eigenvalue weighted by atomic mass is 10.1. The Morgan fingerprint density at radius 1 is 1.08 bits per heavy atom. The highest BCUT2D eigenvalue weighted by atomic mass is 32.2. The zero-order valence-corrected chi connectivity index (χ0v) is 14.3. The molecular weight excluding hydrogens is 367 g/mol. The van der Waals surface area contributed by atoms with E-state index in [2.05, 4.69) is 0 Å². The molecule has 1 amide bonds. The summed E-state index contributed by atoms with van der Waals surface area (Å²) < 4.78 is 48.8. The molecule has 1 atom stereocenters. The number of halogens is 3. The van der Waals surface area contributed by atoms with Gasteiger partial charge in [-0.3, -0.25) is 4.79 Å². The van der Waals surface area contributed by atoms with E-state index < -0.39 is 11.7 Å². The second kappa shape index (κ2) is 6.42. The summed E-state index contributed by atoms with van der Waals surface area (Å²) in [6.07, 6.45) is -4.37. The summed E-state index contributed by atoms with van der Waals surface area (Å²) in [7, 11) is 0. The molecule has 0 aromatic heterocycles. The number of carbonyl (C=O) groups excluding carboxylic acids is 1. The minimum atomic E-state index is -4.37. The summed E-state index contributed by atoms with van der Waals surface area (Å²) in [5, 5.41) is -0.310. The van der Waals surface area contributed by atoms with Gasteiger partial charge in [-0.2, -0.15) is 13.2 Å². The number of ether oxygens (including phenoxy) is 2. The number of benzene rings is 2. The number of carbonyl (C=O) groups is 1. The van der Waals surface area contributed by atoms with E-state index in [-0.39, 0.29) is 18.1 Å². The molecule has 2 aliphatic rings. The van der Waals surface area contributed by atoms with Gasteiger partial charge in [-0.15, -0.1) is 11.8 Å². The van der Waals surface area contributed by atoms with Crippen LogP contribution >= 0.6 is 11.8 Å². The first-order valence-corrected chi connectivity index (χ1v) is 8.93. The van der Waals surface area contributed by atoms with Crippen molar-refractivity contribution in [2.75, 3.05) is 12.5 Å². The van der Waals surface area contributed by atoms with Crippen molar-refractivity contribution in [2.24, 2.45) is 0 Å². The fourth-order valence-corrected chi connectivity index (χ4v) is 4.16. The Kier molecular flexibility index (Phi) is 4.22. The van der Waals surface area contributed by atoms with E-state index in [0.717, 1.165) is 17.7 Å². The molecule has 2 heterocycles. The van der Waals surface area contributed by atoms with Gasteiger partial charge in [-0.05, 0) is 35.4 Å². The minimum absolute atomic E-state index is 0.0439. The molecule has 1 fully saturated rings. The molecule has 4 rings (SSSR count). The van der Waals surface area contributed by atoms with Crippen molar-refractivity contribution in [3.05, 3.63) is 59.2 Å². The van der Waals surface area contributed by atoms with Crippen LogP contribution < -0.4 is 9.47 Å². The summed E-state index contributed by atoms with van der Waals surface area (Å²) in [4.78, 5) is 14.0. The smallest absolute Gasteiger partial charge is 0.416 e. The minimum Gasteiger partial charge on any atom is -0.454 e. The monoisotopic (exact) mass is 381 g/mol. The predicted molar refractivity (Wildman–Crippen MR) is 89.8 cm³/mol. The van der Waals surface area contributed by atoms with E-state index in [1.165, 1.54) is 23.9 Å². The van der Waals surface area contributed by atoms with E-state index in [1.807, 2.05) is 12.1 Å². The standard InChI is InChI=1S/C18H14F3NO3S/c19-18(20,21)13-4-2-12(3-5-13)17-22(16(23)9-26-17)8-11-1-6-14-15(7-11)25-10-24-14/h1-7,17H,8-10H2. The first-order chi connectivity index (χ1) is 12.4. The Hall–Kier alpha value is -2.35. The van der Waals surface area contributed by atoms with Gasteiger partial charge < -0.3 is 14.4 Å². The Morgan fingerprint density at radius 3 is 2.54 bits per heavy atom. The molecule has 136 valence electrons. The van der Waals surface area contributed by atoms with Gasteiger partial charge in [-0.25, -0.2) is 0 Å². The van der Waals surface area contributed by atoms with Crippen LogP contribution in [0.25, 0.3) is 0 Å². The molecule has 1 unspecified atom stereocenters. The van der Waals surface area contributed by atoms with Crippen LogP contribution in [0.5, 0.6) is 11.5 Å². The zero-order valence-electron chi connectivity index (χ0n) is 13.5. The molecule has 0 N–H and O–H groups in total. The Bertz CT molecular complexity index is 839. The number of hydrogen-bond acceptors (Lipinski definition) is 4. The van der Waals surface area contributed by atoms with E-state index >= 15 is 0 Å². The number of thioether (sulfide) groups is 1. The van der Waals surface area contributed by atoms with Crippen LogP contribution in [0.3, 0.4) is 0 Å². The van der Waals surface area contributed by atoms with Crippen molar-refractivity contribution in [2.45, 2.75) is 18.1 Å². The highest BCUT2D eigenvalue weighted by Gasteiger charge is 2.34. The number of fused-ring (bicyclic) bond motifs is 1. The van der Waals surface area contributed by atoms with E-state index in [1.54, 1.807) is 11.0 Å². The summed E-state index contributed by atoms with van der Waals surface area (Å²) in [6.45, 7) is 0.527. The molecular formula is C18H14F3NO3S. The molecule has 0 bridgehead atoms. The Labute approximate surface area is 151 Å². The van der Waals surface area contributed by atoms with E-state index in [9.17, 15) is 18.0 Å². The average Bonchev–Trinajstić information content (AvgIpc) is 3.21. The maximum absolute atomic E-state index is 12.7. The van der Waals surface area contributed by atoms with Gasteiger partial charge in [0.05, 0.1) is 11.3 Å². The van der Waals surface area contributed by atoms with Crippen molar-refractivity contribution in [3.8, 4) is 11.5 Å². The van der Waals surface area contributed by atoms with Gasteiger partial charge in [0.2, 0.25) is 12.7 Å². The normalized spacial score (nSPS) is 19.3. The van der Waals surface area contributed by atoms with E-state index in [4.69, 9.17) is 9.47 Å². The fraction of sp³-hybridized carbons (Fsp3) is 0.278. The highest BCUT2D eigenvalue weighted by Crippen LogP contribution is 2.41. The number of alkyl halides is 3. The molecule has 2 aromatic rings. The highest BCUT2D eigenvalue weighted by molar-refractivity contribution is 8.00. The quantitative estimate of drug-likeness (QED) is 0.799. The number of amides is 1.